The van der Waals surface area contributed by atoms with Crippen molar-refractivity contribution >= 4 is 35.6 Å². The van der Waals surface area contributed by atoms with Crippen molar-refractivity contribution in [1.29, 1.82) is 0 Å². The molecule has 0 bridgehead atoms. The first kappa shape index (κ1) is 20.7. The number of pyridine rings is 1. The lowest BCUT2D eigenvalue weighted by Gasteiger charge is -2.11. The fourth-order valence-electron chi connectivity index (χ4n) is 2.56. The Balaban J connectivity index is 0.00000288. The first-order chi connectivity index (χ1) is 11.1. The summed E-state index contributed by atoms with van der Waals surface area (Å²) in [5.74, 6) is 1.62. The van der Waals surface area contributed by atoms with Gasteiger partial charge < -0.3 is 15.0 Å². The molecule has 0 radical (unpaired) electrons. The molecule has 0 unspecified atom stereocenters. The van der Waals surface area contributed by atoms with Gasteiger partial charge in [0.15, 0.2) is 5.96 Å². The molecule has 0 aliphatic carbocycles. The van der Waals surface area contributed by atoms with Gasteiger partial charge in [0, 0.05) is 25.5 Å². The lowest BCUT2D eigenvalue weighted by atomic mass is 10.1. The number of aryl methyl sites for hydroxylation is 1. The molecule has 6 heteroatoms. The van der Waals surface area contributed by atoms with Crippen LogP contribution in [0.4, 0.5) is 0 Å². The molecule has 24 heavy (non-hydrogen) atoms. The average Bonchev–Trinajstić information content (AvgIpc) is 2.94. The van der Waals surface area contributed by atoms with Crippen LogP contribution in [0, 0.1) is 12.8 Å². The average molecular weight is 443 g/mol. The van der Waals surface area contributed by atoms with E-state index in [9.17, 15) is 0 Å². The lowest BCUT2D eigenvalue weighted by Crippen LogP contribution is -2.37. The molecule has 0 fully saturated rings. The molecular weight excluding hydrogens is 413 g/mol. The standard InChI is InChI=1S/C18H29N5.HI/c1-14(2)8-5-6-11-20-18(19-4)21-12-16-13-23-15(3)9-7-10-17(23)22-16;/h7,9-10,13-14H,5-6,8,11-12H2,1-4H3,(H2,19,20,21);1H. The molecule has 0 spiro atoms. The van der Waals surface area contributed by atoms with Gasteiger partial charge in [-0.25, -0.2) is 4.98 Å². The predicted molar refractivity (Wildman–Crippen MR) is 112 cm³/mol. The van der Waals surface area contributed by atoms with E-state index < -0.39 is 0 Å². The first-order valence-corrected chi connectivity index (χ1v) is 8.48. The van der Waals surface area contributed by atoms with E-state index in [1.54, 1.807) is 7.05 Å². The monoisotopic (exact) mass is 443 g/mol. The zero-order chi connectivity index (χ0) is 16.7. The van der Waals surface area contributed by atoms with Gasteiger partial charge in [0.2, 0.25) is 0 Å². The molecule has 134 valence electrons. The number of hydrogen-bond donors (Lipinski definition) is 2. The number of halogens is 1. The Hall–Kier alpha value is -1.31. The Morgan fingerprint density at radius 3 is 2.71 bits per heavy atom. The largest absolute Gasteiger partial charge is 0.356 e. The maximum absolute atomic E-state index is 4.63. The second-order valence-corrected chi connectivity index (χ2v) is 6.37. The summed E-state index contributed by atoms with van der Waals surface area (Å²) in [6, 6.07) is 6.15. The van der Waals surface area contributed by atoms with Crippen LogP contribution in [0.5, 0.6) is 0 Å². The molecular formula is C18H30IN5. The van der Waals surface area contributed by atoms with Gasteiger partial charge in [-0.1, -0.05) is 32.8 Å². The minimum absolute atomic E-state index is 0. The number of hydrogen-bond acceptors (Lipinski definition) is 2. The van der Waals surface area contributed by atoms with Crippen molar-refractivity contribution in [3.8, 4) is 0 Å². The third-order valence-electron chi connectivity index (χ3n) is 3.91. The second kappa shape index (κ2) is 10.5. The van der Waals surface area contributed by atoms with E-state index in [1.165, 1.54) is 25.0 Å². The van der Waals surface area contributed by atoms with E-state index in [0.717, 1.165) is 29.8 Å². The summed E-state index contributed by atoms with van der Waals surface area (Å²) in [6.45, 7) is 8.25. The predicted octanol–water partition coefficient (Wildman–Crippen LogP) is 3.75. The van der Waals surface area contributed by atoms with Crippen molar-refractivity contribution < 1.29 is 0 Å². The first-order valence-electron chi connectivity index (χ1n) is 8.48. The normalized spacial score (nSPS) is 11.6. The minimum atomic E-state index is 0. The molecule has 0 aliphatic rings. The van der Waals surface area contributed by atoms with Crippen LogP contribution in [0.15, 0.2) is 29.4 Å². The highest BCUT2D eigenvalue weighted by Gasteiger charge is 2.04. The smallest absolute Gasteiger partial charge is 0.191 e. The topological polar surface area (TPSA) is 53.7 Å². The van der Waals surface area contributed by atoms with Crippen LogP contribution in [0.25, 0.3) is 5.65 Å². The van der Waals surface area contributed by atoms with Gasteiger partial charge in [-0.2, -0.15) is 0 Å². The summed E-state index contributed by atoms with van der Waals surface area (Å²) in [6.07, 6.45) is 5.79. The maximum atomic E-state index is 4.63. The zero-order valence-corrected chi connectivity index (χ0v) is 17.5. The van der Waals surface area contributed by atoms with E-state index in [-0.39, 0.29) is 24.0 Å². The minimum Gasteiger partial charge on any atom is -0.356 e. The van der Waals surface area contributed by atoms with Gasteiger partial charge in [0.1, 0.15) is 5.65 Å². The van der Waals surface area contributed by atoms with E-state index >= 15 is 0 Å². The molecule has 0 aromatic carbocycles. The van der Waals surface area contributed by atoms with E-state index in [2.05, 4.69) is 58.0 Å². The number of unbranched alkanes of at least 4 members (excludes halogenated alkanes) is 1. The van der Waals surface area contributed by atoms with Crippen LogP contribution in [-0.2, 0) is 6.54 Å². The summed E-state index contributed by atoms with van der Waals surface area (Å²) in [5.41, 5.74) is 3.19. The van der Waals surface area contributed by atoms with Crippen molar-refractivity contribution in [3.05, 3.63) is 35.8 Å². The van der Waals surface area contributed by atoms with Gasteiger partial charge in [-0.3, -0.25) is 4.99 Å². The van der Waals surface area contributed by atoms with Crippen molar-refractivity contribution in [2.24, 2.45) is 10.9 Å². The van der Waals surface area contributed by atoms with Crippen LogP contribution in [-0.4, -0.2) is 28.9 Å². The zero-order valence-electron chi connectivity index (χ0n) is 15.2. The fourth-order valence-corrected chi connectivity index (χ4v) is 2.56. The Morgan fingerprint density at radius 2 is 2.04 bits per heavy atom. The van der Waals surface area contributed by atoms with E-state index in [4.69, 9.17) is 0 Å². The molecule has 0 amide bonds. The van der Waals surface area contributed by atoms with Gasteiger partial charge in [-0.05, 0) is 31.4 Å². The van der Waals surface area contributed by atoms with Crippen molar-refractivity contribution in [2.45, 2.75) is 46.6 Å². The van der Waals surface area contributed by atoms with Crippen LogP contribution in [0.3, 0.4) is 0 Å². The van der Waals surface area contributed by atoms with E-state index in [1.807, 2.05) is 12.1 Å². The number of nitrogens with one attached hydrogen (secondary N) is 2. The summed E-state index contributed by atoms with van der Waals surface area (Å²) >= 11 is 0. The van der Waals surface area contributed by atoms with Gasteiger partial charge in [0.25, 0.3) is 0 Å². The summed E-state index contributed by atoms with van der Waals surface area (Å²) < 4.78 is 2.11. The van der Waals surface area contributed by atoms with Crippen molar-refractivity contribution in [2.75, 3.05) is 13.6 Å². The molecule has 2 N–H and O–H groups in total. The molecule has 2 heterocycles. The van der Waals surface area contributed by atoms with Crippen LogP contribution >= 0.6 is 24.0 Å². The molecule has 0 atom stereocenters. The maximum Gasteiger partial charge on any atom is 0.191 e. The second-order valence-electron chi connectivity index (χ2n) is 6.37. The molecule has 5 nitrogen and oxygen atoms in total. The number of aromatic nitrogens is 2. The molecule has 2 rings (SSSR count). The Kier molecular flexibility index (Phi) is 9.10. The molecule has 0 aliphatic heterocycles. The number of aliphatic imine (C=N–C) groups is 1. The van der Waals surface area contributed by atoms with Gasteiger partial charge in [0.05, 0.1) is 12.2 Å². The third kappa shape index (κ3) is 6.30. The Morgan fingerprint density at radius 1 is 1.25 bits per heavy atom. The number of guanidine groups is 1. The molecule has 2 aromatic rings. The SMILES string of the molecule is CN=C(NCCCCC(C)C)NCc1cn2c(C)cccc2n1.I. The van der Waals surface area contributed by atoms with Crippen LogP contribution in [0.1, 0.15) is 44.5 Å². The number of rotatable bonds is 7. The summed E-state index contributed by atoms with van der Waals surface area (Å²) in [7, 11) is 1.80. The number of imidazole rings is 1. The highest BCUT2D eigenvalue weighted by atomic mass is 127. The Bertz CT molecular complexity index is 648. The number of fused-ring (bicyclic) bond motifs is 1. The van der Waals surface area contributed by atoms with Crippen molar-refractivity contribution in [1.82, 2.24) is 20.0 Å². The molecule has 0 saturated carbocycles. The van der Waals surface area contributed by atoms with E-state index in [0.29, 0.717) is 6.54 Å². The highest BCUT2D eigenvalue weighted by molar-refractivity contribution is 14.0. The summed E-state index contributed by atoms with van der Waals surface area (Å²) in [5, 5.41) is 6.69. The van der Waals surface area contributed by atoms with Gasteiger partial charge in [-0.15, -0.1) is 24.0 Å². The quantitative estimate of drug-likeness (QED) is 0.297. The van der Waals surface area contributed by atoms with Crippen LogP contribution < -0.4 is 10.6 Å². The Labute approximate surface area is 162 Å². The third-order valence-corrected chi connectivity index (χ3v) is 3.91. The number of nitrogens with zero attached hydrogens (tertiary/aromatic N) is 3. The van der Waals surface area contributed by atoms with Crippen molar-refractivity contribution in [3.63, 3.8) is 0 Å². The fraction of sp³-hybridized carbons (Fsp3) is 0.556. The summed E-state index contributed by atoms with van der Waals surface area (Å²) in [4.78, 5) is 8.89. The molecule has 2 aromatic heterocycles. The molecule has 0 saturated heterocycles. The van der Waals surface area contributed by atoms with Crippen LogP contribution in [0.2, 0.25) is 0 Å². The highest BCUT2D eigenvalue weighted by Crippen LogP contribution is 2.08. The van der Waals surface area contributed by atoms with Gasteiger partial charge >= 0.3 is 0 Å². The lowest BCUT2D eigenvalue weighted by molar-refractivity contribution is 0.534.